The van der Waals surface area contributed by atoms with Crippen LogP contribution in [0.5, 0.6) is 0 Å². The Kier molecular flexibility index (Phi) is 5.99. The Morgan fingerprint density at radius 1 is 1.57 bits per heavy atom. The second-order valence-corrected chi connectivity index (χ2v) is 6.59. The van der Waals surface area contributed by atoms with Crippen molar-refractivity contribution in [2.75, 3.05) is 12.3 Å². The number of aromatic nitrogens is 2. The topological polar surface area (TPSA) is 75.1 Å². The number of hydrogen-bond acceptors (Lipinski definition) is 5. The van der Waals surface area contributed by atoms with Gasteiger partial charge in [-0.25, -0.2) is 4.98 Å². The third kappa shape index (κ3) is 3.95. The van der Waals surface area contributed by atoms with Crippen LogP contribution in [0.1, 0.15) is 39.0 Å². The molecule has 1 aromatic heterocycles. The largest absolute Gasteiger partial charge is 0.480 e. The number of nitrogens with zero attached hydrogens (tertiary/aromatic N) is 2. The molecule has 1 aromatic rings. The van der Waals surface area contributed by atoms with Gasteiger partial charge in [0.2, 0.25) is 0 Å². The number of nitrogens with one attached hydrogen (secondary N) is 1. The summed E-state index contributed by atoms with van der Waals surface area (Å²) in [5.41, 5.74) is -0.723. The molecule has 2 atom stereocenters. The van der Waals surface area contributed by atoms with Gasteiger partial charge in [0.1, 0.15) is 10.6 Å². The predicted molar refractivity (Wildman–Crippen MR) is 83.4 cm³/mol. The first-order valence-corrected chi connectivity index (χ1v) is 8.55. The Bertz CT molecular complexity index is 457. The molecule has 1 saturated carbocycles. The molecule has 0 aliphatic heterocycles. The van der Waals surface area contributed by atoms with Crippen molar-refractivity contribution in [1.29, 1.82) is 0 Å². The molecule has 0 radical (unpaired) electrons. The Morgan fingerprint density at radius 2 is 2.43 bits per heavy atom. The number of hydrogen-bond donors (Lipinski definition) is 2. The fourth-order valence-electron chi connectivity index (χ4n) is 3.07. The Balaban J connectivity index is 1.92. The van der Waals surface area contributed by atoms with Crippen LogP contribution < -0.4 is 5.32 Å². The van der Waals surface area contributed by atoms with E-state index < -0.39 is 11.5 Å². The molecule has 116 valence electrons. The lowest BCUT2D eigenvalue weighted by Crippen LogP contribution is -2.55. The second kappa shape index (κ2) is 7.75. The van der Waals surface area contributed by atoms with E-state index in [-0.39, 0.29) is 5.92 Å². The average molecular weight is 309 g/mol. The summed E-state index contributed by atoms with van der Waals surface area (Å²) in [7, 11) is 0. The van der Waals surface area contributed by atoms with Gasteiger partial charge in [-0.2, -0.15) is 0 Å². The molecule has 21 heavy (non-hydrogen) atoms. The number of carboxylic acid groups (broad SMARTS) is 1. The zero-order chi connectivity index (χ0) is 15.1. The minimum atomic E-state index is -0.723. The van der Waals surface area contributed by atoms with Crippen LogP contribution in [0.15, 0.2) is 23.6 Å². The third-order valence-corrected chi connectivity index (χ3v) is 5.09. The van der Waals surface area contributed by atoms with Gasteiger partial charge in [0, 0.05) is 12.4 Å². The molecule has 0 amide bonds. The van der Waals surface area contributed by atoms with Crippen LogP contribution in [0.3, 0.4) is 0 Å². The number of carbonyl (C=O) groups is 1. The highest BCUT2D eigenvalue weighted by atomic mass is 32.2. The number of carboxylic acids is 1. The van der Waals surface area contributed by atoms with Gasteiger partial charge in [-0.3, -0.25) is 9.78 Å². The van der Waals surface area contributed by atoms with Crippen LogP contribution in [-0.4, -0.2) is 38.9 Å². The molecular weight excluding hydrogens is 286 g/mol. The van der Waals surface area contributed by atoms with E-state index in [1.807, 2.05) is 0 Å². The Hall–Kier alpha value is -1.14. The first-order valence-electron chi connectivity index (χ1n) is 7.56. The minimum absolute atomic E-state index is 0.200. The van der Waals surface area contributed by atoms with Crippen LogP contribution in [0.2, 0.25) is 0 Å². The highest BCUT2D eigenvalue weighted by Gasteiger charge is 2.48. The molecule has 0 bridgehead atoms. The molecule has 1 aliphatic carbocycles. The van der Waals surface area contributed by atoms with Crippen molar-refractivity contribution >= 4 is 17.7 Å². The van der Waals surface area contributed by atoms with E-state index >= 15 is 0 Å². The quantitative estimate of drug-likeness (QED) is 0.719. The maximum atomic E-state index is 11.8. The van der Waals surface area contributed by atoms with Crippen LogP contribution in [-0.2, 0) is 4.79 Å². The van der Waals surface area contributed by atoms with Gasteiger partial charge in [0.05, 0.1) is 6.20 Å². The first-order chi connectivity index (χ1) is 10.2. The predicted octanol–water partition coefficient (Wildman–Crippen LogP) is 2.58. The van der Waals surface area contributed by atoms with Crippen LogP contribution in [0.4, 0.5) is 0 Å². The fraction of sp³-hybridized carbons (Fsp3) is 0.667. The first kappa shape index (κ1) is 16.2. The monoisotopic (exact) mass is 309 g/mol. The molecule has 1 aliphatic rings. The van der Waals surface area contributed by atoms with Crippen molar-refractivity contribution in [1.82, 2.24) is 15.3 Å². The molecule has 0 aromatic carbocycles. The molecule has 0 spiro atoms. The fourth-order valence-corrected chi connectivity index (χ4v) is 3.95. The highest BCUT2D eigenvalue weighted by Crippen LogP contribution is 2.39. The summed E-state index contributed by atoms with van der Waals surface area (Å²) in [5.74, 6) is 0.389. The van der Waals surface area contributed by atoms with Crippen molar-refractivity contribution < 1.29 is 9.90 Å². The molecule has 1 fully saturated rings. The second-order valence-electron chi connectivity index (χ2n) is 5.47. The zero-order valence-electron chi connectivity index (χ0n) is 12.4. The van der Waals surface area contributed by atoms with E-state index in [1.54, 1.807) is 30.4 Å². The van der Waals surface area contributed by atoms with Gasteiger partial charge in [-0.05, 0) is 43.9 Å². The molecule has 2 rings (SSSR count). The van der Waals surface area contributed by atoms with Crippen molar-refractivity contribution in [3.8, 4) is 0 Å². The smallest absolute Gasteiger partial charge is 0.324 e. The molecule has 2 unspecified atom stereocenters. The average Bonchev–Trinajstić information content (AvgIpc) is 2.90. The van der Waals surface area contributed by atoms with Crippen LogP contribution in [0, 0.1) is 5.92 Å². The maximum absolute atomic E-state index is 11.8. The van der Waals surface area contributed by atoms with Crippen molar-refractivity contribution in [3.63, 3.8) is 0 Å². The normalized spacial score (nSPS) is 25.1. The SMILES string of the molecule is CCCNC1(C(=O)O)CCCC1CCSc1cnccn1. The third-order valence-electron chi connectivity index (χ3n) is 4.15. The number of thioether (sulfide) groups is 1. The molecule has 5 nitrogen and oxygen atoms in total. The molecular formula is C15H23N3O2S. The van der Waals surface area contributed by atoms with Crippen molar-refractivity contribution in [2.24, 2.45) is 5.92 Å². The van der Waals surface area contributed by atoms with Gasteiger partial charge < -0.3 is 10.4 Å². The molecule has 0 saturated heterocycles. The number of aliphatic carboxylic acids is 1. The maximum Gasteiger partial charge on any atom is 0.324 e. The molecule has 1 heterocycles. The van der Waals surface area contributed by atoms with Gasteiger partial charge in [-0.1, -0.05) is 13.3 Å². The number of rotatable bonds is 8. The lowest BCUT2D eigenvalue weighted by atomic mass is 9.85. The highest BCUT2D eigenvalue weighted by molar-refractivity contribution is 7.99. The van der Waals surface area contributed by atoms with E-state index in [2.05, 4.69) is 22.2 Å². The molecule has 6 heteroatoms. The van der Waals surface area contributed by atoms with Gasteiger partial charge in [0.15, 0.2) is 0 Å². The van der Waals surface area contributed by atoms with Gasteiger partial charge in [0.25, 0.3) is 0 Å². The summed E-state index contributed by atoms with van der Waals surface area (Å²) in [6, 6.07) is 0. The van der Waals surface area contributed by atoms with Gasteiger partial charge in [-0.15, -0.1) is 11.8 Å². The van der Waals surface area contributed by atoms with E-state index in [1.165, 1.54) is 0 Å². The van der Waals surface area contributed by atoms with Crippen LogP contribution in [0.25, 0.3) is 0 Å². The van der Waals surface area contributed by atoms with Crippen molar-refractivity contribution in [2.45, 2.75) is 49.6 Å². The Labute approximate surface area is 130 Å². The van der Waals surface area contributed by atoms with Crippen LogP contribution >= 0.6 is 11.8 Å². The summed E-state index contributed by atoms with van der Waals surface area (Å²) in [6.45, 7) is 2.83. The lowest BCUT2D eigenvalue weighted by molar-refractivity contribution is -0.146. The summed E-state index contributed by atoms with van der Waals surface area (Å²) in [5, 5.41) is 13.9. The summed E-state index contributed by atoms with van der Waals surface area (Å²) >= 11 is 1.65. The standard InChI is InChI=1S/C15H23N3O2S/c1-2-7-18-15(14(19)20)6-3-4-12(15)5-10-21-13-11-16-8-9-17-13/h8-9,11-12,18H,2-7,10H2,1H3,(H,19,20). The van der Waals surface area contributed by atoms with E-state index in [0.29, 0.717) is 0 Å². The summed E-state index contributed by atoms with van der Waals surface area (Å²) in [4.78, 5) is 20.1. The van der Waals surface area contributed by atoms with E-state index in [9.17, 15) is 9.90 Å². The Morgan fingerprint density at radius 3 is 3.10 bits per heavy atom. The molecule has 2 N–H and O–H groups in total. The van der Waals surface area contributed by atoms with Gasteiger partial charge >= 0.3 is 5.97 Å². The van der Waals surface area contributed by atoms with E-state index in [4.69, 9.17) is 0 Å². The van der Waals surface area contributed by atoms with E-state index in [0.717, 1.165) is 49.4 Å². The lowest BCUT2D eigenvalue weighted by Gasteiger charge is -2.32. The summed E-state index contributed by atoms with van der Waals surface area (Å²) < 4.78 is 0. The summed E-state index contributed by atoms with van der Waals surface area (Å²) in [6.07, 6.45) is 9.66. The van der Waals surface area contributed by atoms with Crippen molar-refractivity contribution in [3.05, 3.63) is 18.6 Å². The minimum Gasteiger partial charge on any atom is -0.480 e. The zero-order valence-corrected chi connectivity index (χ0v) is 13.2.